The Morgan fingerprint density at radius 2 is 2.00 bits per heavy atom. The van der Waals surface area contributed by atoms with Crippen LogP contribution in [0.5, 0.6) is 0 Å². The van der Waals surface area contributed by atoms with E-state index < -0.39 is 0 Å². The molecule has 2 nitrogen and oxygen atoms in total. The number of nitrogens with two attached hydrogens (primary N) is 1. The number of nitrogens with zero attached hydrogens (tertiary/aromatic N) is 1. The van der Waals surface area contributed by atoms with Gasteiger partial charge in [0.25, 0.3) is 0 Å². The first-order valence-electron chi connectivity index (χ1n) is 5.99. The molecule has 0 aliphatic rings. The van der Waals surface area contributed by atoms with Crippen LogP contribution in [0.3, 0.4) is 0 Å². The predicted molar refractivity (Wildman–Crippen MR) is 75.8 cm³/mol. The molecule has 2 aromatic rings. The van der Waals surface area contributed by atoms with Gasteiger partial charge in [-0.05, 0) is 48.7 Å². The Bertz CT molecular complexity index is 535. The van der Waals surface area contributed by atoms with E-state index in [1.54, 1.807) is 0 Å². The predicted octanol–water partition coefficient (Wildman–Crippen LogP) is 3.59. The fourth-order valence-corrected chi connectivity index (χ4v) is 2.15. The topological polar surface area (TPSA) is 38.9 Å². The lowest BCUT2D eigenvalue weighted by Crippen LogP contribution is -2.15. The molecule has 0 fully saturated rings. The van der Waals surface area contributed by atoms with Crippen LogP contribution in [0.15, 0.2) is 36.5 Å². The number of pyridine rings is 1. The first kappa shape index (κ1) is 13.1. The summed E-state index contributed by atoms with van der Waals surface area (Å²) in [6.45, 7) is 4.08. The van der Waals surface area contributed by atoms with Crippen molar-refractivity contribution >= 4 is 11.6 Å². The Balaban J connectivity index is 2.18. The molecule has 1 unspecified atom stereocenters. The maximum Gasteiger partial charge on any atom is 0.0422 e. The Hall–Kier alpha value is -1.38. The minimum Gasteiger partial charge on any atom is -0.324 e. The molecular formula is C15H17ClN2. The highest BCUT2D eigenvalue weighted by Gasteiger charge is 2.11. The van der Waals surface area contributed by atoms with Gasteiger partial charge in [0.15, 0.2) is 0 Å². The zero-order valence-electron chi connectivity index (χ0n) is 10.7. The summed E-state index contributed by atoms with van der Waals surface area (Å²) in [5.74, 6) is 0. The van der Waals surface area contributed by atoms with E-state index in [2.05, 4.69) is 11.1 Å². The quantitative estimate of drug-likeness (QED) is 0.916. The van der Waals surface area contributed by atoms with Gasteiger partial charge in [-0.3, -0.25) is 4.98 Å². The van der Waals surface area contributed by atoms with Crippen molar-refractivity contribution in [3.05, 3.63) is 63.9 Å². The van der Waals surface area contributed by atoms with E-state index in [9.17, 15) is 0 Å². The van der Waals surface area contributed by atoms with Crippen molar-refractivity contribution in [1.82, 2.24) is 4.98 Å². The van der Waals surface area contributed by atoms with E-state index in [-0.39, 0.29) is 6.04 Å². The molecule has 0 spiro atoms. The molecule has 0 bridgehead atoms. The third-order valence-corrected chi connectivity index (χ3v) is 3.28. The Morgan fingerprint density at radius 1 is 1.22 bits per heavy atom. The van der Waals surface area contributed by atoms with E-state index in [0.717, 1.165) is 28.3 Å². The highest BCUT2D eigenvalue weighted by atomic mass is 35.5. The molecule has 3 heteroatoms. The monoisotopic (exact) mass is 260 g/mol. The van der Waals surface area contributed by atoms with E-state index >= 15 is 0 Å². The second kappa shape index (κ2) is 5.51. The van der Waals surface area contributed by atoms with Gasteiger partial charge in [0.05, 0.1) is 0 Å². The lowest BCUT2D eigenvalue weighted by Gasteiger charge is -2.15. The van der Waals surface area contributed by atoms with Crippen molar-refractivity contribution in [2.45, 2.75) is 26.3 Å². The first-order valence-corrected chi connectivity index (χ1v) is 6.37. The zero-order valence-corrected chi connectivity index (χ0v) is 11.4. The standard InChI is InChI=1S/C15H17ClN2/c1-10-3-6-13(18-9-10)8-15(17)14-7-12(16)5-4-11(14)2/h3-7,9,15H,8,17H2,1-2H3. The lowest BCUT2D eigenvalue weighted by molar-refractivity contribution is 0.701. The Kier molecular flexibility index (Phi) is 4.00. The second-order valence-electron chi connectivity index (χ2n) is 4.64. The highest BCUT2D eigenvalue weighted by molar-refractivity contribution is 6.30. The Morgan fingerprint density at radius 3 is 2.67 bits per heavy atom. The van der Waals surface area contributed by atoms with E-state index in [1.807, 2.05) is 44.3 Å². The van der Waals surface area contributed by atoms with Gasteiger partial charge in [-0.2, -0.15) is 0 Å². The number of halogens is 1. The molecule has 1 aromatic carbocycles. The fraction of sp³-hybridized carbons (Fsp3) is 0.267. The van der Waals surface area contributed by atoms with Crippen LogP contribution in [0, 0.1) is 13.8 Å². The van der Waals surface area contributed by atoms with Gasteiger partial charge in [-0.1, -0.05) is 23.7 Å². The summed E-state index contributed by atoms with van der Waals surface area (Å²) in [5, 5.41) is 0.725. The maximum absolute atomic E-state index is 6.24. The number of hydrogen-bond acceptors (Lipinski definition) is 2. The average molecular weight is 261 g/mol. The molecule has 0 amide bonds. The minimum atomic E-state index is -0.0705. The van der Waals surface area contributed by atoms with Crippen molar-refractivity contribution in [2.24, 2.45) is 5.73 Å². The van der Waals surface area contributed by atoms with Crippen LogP contribution in [0.2, 0.25) is 5.02 Å². The van der Waals surface area contributed by atoms with Gasteiger partial charge in [0, 0.05) is 29.4 Å². The molecule has 1 aromatic heterocycles. The van der Waals surface area contributed by atoms with Gasteiger partial charge in [-0.25, -0.2) is 0 Å². The summed E-state index contributed by atoms with van der Waals surface area (Å²) in [7, 11) is 0. The zero-order chi connectivity index (χ0) is 13.1. The van der Waals surface area contributed by atoms with Crippen molar-refractivity contribution in [1.29, 1.82) is 0 Å². The molecule has 0 aliphatic heterocycles. The molecule has 0 aliphatic carbocycles. The summed E-state index contributed by atoms with van der Waals surface area (Å²) in [4.78, 5) is 4.38. The van der Waals surface area contributed by atoms with Gasteiger partial charge >= 0.3 is 0 Å². The number of aryl methyl sites for hydroxylation is 2. The van der Waals surface area contributed by atoms with Gasteiger partial charge < -0.3 is 5.73 Å². The molecule has 1 atom stereocenters. The van der Waals surface area contributed by atoms with Crippen LogP contribution in [-0.4, -0.2) is 4.98 Å². The van der Waals surface area contributed by atoms with Crippen LogP contribution in [0.1, 0.15) is 28.4 Å². The van der Waals surface area contributed by atoms with E-state index in [0.29, 0.717) is 0 Å². The summed E-state index contributed by atoms with van der Waals surface area (Å²) >= 11 is 6.01. The second-order valence-corrected chi connectivity index (χ2v) is 5.07. The van der Waals surface area contributed by atoms with Crippen molar-refractivity contribution in [3.8, 4) is 0 Å². The Labute approximate surface area is 113 Å². The van der Waals surface area contributed by atoms with Crippen LogP contribution >= 0.6 is 11.6 Å². The molecule has 1 heterocycles. The molecule has 94 valence electrons. The number of hydrogen-bond donors (Lipinski definition) is 1. The summed E-state index contributed by atoms with van der Waals surface area (Å²) in [6.07, 6.45) is 2.59. The largest absolute Gasteiger partial charge is 0.324 e. The molecule has 0 saturated heterocycles. The average Bonchev–Trinajstić information content (AvgIpc) is 2.35. The van der Waals surface area contributed by atoms with E-state index in [1.165, 1.54) is 5.56 Å². The number of benzene rings is 1. The summed E-state index contributed by atoms with van der Waals surface area (Å²) < 4.78 is 0. The normalized spacial score (nSPS) is 12.4. The summed E-state index contributed by atoms with van der Waals surface area (Å²) in [6, 6.07) is 9.83. The van der Waals surface area contributed by atoms with Crippen LogP contribution in [0.25, 0.3) is 0 Å². The van der Waals surface area contributed by atoms with Crippen LogP contribution in [0.4, 0.5) is 0 Å². The third-order valence-electron chi connectivity index (χ3n) is 3.04. The highest BCUT2D eigenvalue weighted by Crippen LogP contribution is 2.22. The van der Waals surface area contributed by atoms with Gasteiger partial charge in [-0.15, -0.1) is 0 Å². The maximum atomic E-state index is 6.24. The fourth-order valence-electron chi connectivity index (χ4n) is 1.97. The lowest BCUT2D eigenvalue weighted by atomic mass is 9.98. The van der Waals surface area contributed by atoms with E-state index in [4.69, 9.17) is 17.3 Å². The third kappa shape index (κ3) is 3.09. The molecule has 2 N–H and O–H groups in total. The SMILES string of the molecule is Cc1ccc(CC(N)c2cc(Cl)ccc2C)nc1. The number of rotatable bonds is 3. The summed E-state index contributed by atoms with van der Waals surface area (Å²) in [5.41, 5.74) is 10.7. The molecular weight excluding hydrogens is 244 g/mol. The van der Waals surface area contributed by atoms with Gasteiger partial charge in [0.1, 0.15) is 0 Å². The first-order chi connectivity index (χ1) is 8.56. The smallest absolute Gasteiger partial charge is 0.0422 e. The molecule has 0 saturated carbocycles. The van der Waals surface area contributed by atoms with Crippen molar-refractivity contribution < 1.29 is 0 Å². The van der Waals surface area contributed by atoms with Crippen LogP contribution < -0.4 is 5.73 Å². The molecule has 0 radical (unpaired) electrons. The molecule has 2 rings (SSSR count). The number of aromatic nitrogens is 1. The van der Waals surface area contributed by atoms with Gasteiger partial charge in [0.2, 0.25) is 0 Å². The minimum absolute atomic E-state index is 0.0705. The van der Waals surface area contributed by atoms with Crippen molar-refractivity contribution in [3.63, 3.8) is 0 Å². The van der Waals surface area contributed by atoms with Crippen LogP contribution in [-0.2, 0) is 6.42 Å². The van der Waals surface area contributed by atoms with Crippen molar-refractivity contribution in [2.75, 3.05) is 0 Å². The molecule has 18 heavy (non-hydrogen) atoms.